The van der Waals surface area contributed by atoms with E-state index in [4.69, 9.17) is 17.2 Å². The van der Waals surface area contributed by atoms with Crippen molar-refractivity contribution in [2.75, 3.05) is 18.8 Å². The summed E-state index contributed by atoms with van der Waals surface area (Å²) in [6.45, 7) is 1.65. The molecule has 1 saturated heterocycles. The van der Waals surface area contributed by atoms with Crippen molar-refractivity contribution in [3.63, 3.8) is 0 Å². The normalized spacial score (nSPS) is 25.1. The summed E-state index contributed by atoms with van der Waals surface area (Å²) in [5.41, 5.74) is 20.0. The highest BCUT2D eigenvalue weighted by Gasteiger charge is 2.48. The molecule has 2 heterocycles. The largest absolute Gasteiger partial charge is 0.508 e. The summed E-state index contributed by atoms with van der Waals surface area (Å²) in [5, 5.41) is 16.7. The molecule has 32 heavy (non-hydrogen) atoms. The molecule has 3 atom stereocenters. The van der Waals surface area contributed by atoms with Gasteiger partial charge in [0.15, 0.2) is 5.78 Å². The number of ketones is 1. The molecule has 9 heteroatoms. The summed E-state index contributed by atoms with van der Waals surface area (Å²) >= 11 is 1.24. The van der Waals surface area contributed by atoms with Crippen molar-refractivity contribution in [1.82, 2.24) is 10.6 Å². The number of hydrogen-bond acceptors (Lipinski definition) is 8. The lowest BCUT2D eigenvalue weighted by atomic mass is 9.70. The van der Waals surface area contributed by atoms with Gasteiger partial charge in [0.05, 0.1) is 15.6 Å². The number of Topliss-reactive ketones (excluding diaryl/α,β-unsaturated/α-hetero) is 1. The Bertz CT molecular complexity index is 1230. The van der Waals surface area contributed by atoms with E-state index in [9.17, 15) is 14.7 Å². The average molecular weight is 452 g/mol. The molecule has 1 amide bonds. The fraction of sp³-hybridized carbons (Fsp3) is 0.304. The second-order valence-electron chi connectivity index (χ2n) is 8.46. The van der Waals surface area contributed by atoms with Gasteiger partial charge >= 0.3 is 0 Å². The molecular weight excluding hydrogens is 426 g/mol. The number of carbonyl (C=O) groups excluding carboxylic acids is 2. The van der Waals surface area contributed by atoms with Crippen molar-refractivity contribution >= 4 is 38.8 Å². The maximum atomic E-state index is 13.6. The third-order valence-corrected chi connectivity index (χ3v) is 7.73. The minimum absolute atomic E-state index is 0.0200. The van der Waals surface area contributed by atoms with Gasteiger partial charge in [0, 0.05) is 29.2 Å². The van der Waals surface area contributed by atoms with Gasteiger partial charge in [-0.25, -0.2) is 0 Å². The first-order valence-corrected chi connectivity index (χ1v) is 11.4. The third kappa shape index (κ3) is 3.01. The molecule has 0 radical (unpaired) electrons. The van der Waals surface area contributed by atoms with E-state index in [0.29, 0.717) is 43.9 Å². The number of anilines is 1. The Labute approximate surface area is 188 Å². The van der Waals surface area contributed by atoms with Crippen molar-refractivity contribution < 1.29 is 14.7 Å². The van der Waals surface area contributed by atoms with E-state index in [2.05, 4.69) is 10.6 Å². The molecular formula is C23H25N5O3S. The predicted molar refractivity (Wildman–Crippen MR) is 125 cm³/mol. The van der Waals surface area contributed by atoms with E-state index in [1.54, 1.807) is 24.3 Å². The van der Waals surface area contributed by atoms with Gasteiger partial charge in [-0.05, 0) is 48.7 Å². The van der Waals surface area contributed by atoms with Crippen LogP contribution >= 0.6 is 11.3 Å². The van der Waals surface area contributed by atoms with Crippen LogP contribution in [0.4, 0.5) is 5.69 Å². The highest BCUT2D eigenvalue weighted by Crippen LogP contribution is 2.49. The number of carbonyl (C=O) groups is 2. The zero-order chi connectivity index (χ0) is 22.6. The van der Waals surface area contributed by atoms with Crippen LogP contribution in [0.25, 0.3) is 10.1 Å². The molecule has 8 nitrogen and oxygen atoms in total. The number of piperidine rings is 1. The molecule has 1 fully saturated rings. The summed E-state index contributed by atoms with van der Waals surface area (Å²) in [6.07, 6.45) is 1.88. The Morgan fingerprint density at radius 1 is 1.22 bits per heavy atom. The number of phenolic OH excluding ortho intramolecular Hbond substituents is 1. The predicted octanol–water partition coefficient (Wildman–Crippen LogP) is 1.46. The van der Waals surface area contributed by atoms with Crippen LogP contribution in [-0.4, -0.2) is 35.9 Å². The Morgan fingerprint density at radius 3 is 2.66 bits per heavy atom. The minimum Gasteiger partial charge on any atom is -0.508 e. The van der Waals surface area contributed by atoms with E-state index in [1.807, 2.05) is 0 Å². The van der Waals surface area contributed by atoms with Gasteiger partial charge in [-0.1, -0.05) is 18.2 Å². The molecule has 5 rings (SSSR count). The lowest BCUT2D eigenvalue weighted by molar-refractivity contribution is -0.124. The van der Waals surface area contributed by atoms with Gasteiger partial charge in [-0.2, -0.15) is 0 Å². The van der Waals surface area contributed by atoms with Crippen LogP contribution in [0.1, 0.15) is 45.2 Å². The first kappa shape index (κ1) is 20.9. The summed E-state index contributed by atoms with van der Waals surface area (Å²) in [5.74, 6) is -0.592. The fourth-order valence-corrected chi connectivity index (χ4v) is 6.00. The number of benzene rings is 2. The van der Waals surface area contributed by atoms with Crippen LogP contribution < -0.4 is 27.8 Å². The van der Waals surface area contributed by atoms with Crippen molar-refractivity contribution in [3.8, 4) is 5.75 Å². The van der Waals surface area contributed by atoms with Crippen molar-refractivity contribution in [1.29, 1.82) is 0 Å². The average Bonchev–Trinajstić information content (AvgIpc) is 3.20. The lowest BCUT2D eigenvalue weighted by Crippen LogP contribution is -2.52. The monoisotopic (exact) mass is 451 g/mol. The number of amides is 1. The number of aromatic hydroxyl groups is 1. The van der Waals surface area contributed by atoms with Gasteiger partial charge in [-0.3, -0.25) is 9.59 Å². The topological polar surface area (TPSA) is 156 Å². The van der Waals surface area contributed by atoms with E-state index in [1.165, 1.54) is 23.5 Å². The molecule has 1 aliphatic heterocycles. The molecule has 1 aromatic heterocycles. The van der Waals surface area contributed by atoms with E-state index < -0.39 is 17.4 Å². The molecule has 3 unspecified atom stereocenters. The Hall–Kier alpha value is -2.98. The van der Waals surface area contributed by atoms with Crippen LogP contribution in [0.2, 0.25) is 0 Å². The molecule has 3 aromatic rings. The highest BCUT2D eigenvalue weighted by atomic mass is 32.1. The zero-order valence-electron chi connectivity index (χ0n) is 17.4. The summed E-state index contributed by atoms with van der Waals surface area (Å²) in [6, 6.07) is 8.57. The lowest BCUT2D eigenvalue weighted by Gasteiger charge is -2.36. The van der Waals surface area contributed by atoms with E-state index in [0.717, 1.165) is 19.4 Å². The SMILES string of the molecule is Nc1ccc2c3c(c(C(=O)NC4CCCNC4)sc13)C(N)C(=O)C2(N)c1ccc(O)cc1. The quantitative estimate of drug-likeness (QED) is 0.329. The smallest absolute Gasteiger partial charge is 0.262 e. The summed E-state index contributed by atoms with van der Waals surface area (Å²) in [4.78, 5) is 27.2. The van der Waals surface area contributed by atoms with Gasteiger partial charge in [0.25, 0.3) is 5.91 Å². The second-order valence-corrected chi connectivity index (χ2v) is 9.49. The van der Waals surface area contributed by atoms with Crippen LogP contribution in [0.15, 0.2) is 36.4 Å². The number of nitrogen functional groups attached to an aromatic ring is 1. The van der Waals surface area contributed by atoms with Gasteiger partial charge in [-0.15, -0.1) is 11.3 Å². The molecule has 1 aliphatic carbocycles. The number of nitrogens with one attached hydrogen (secondary N) is 2. The van der Waals surface area contributed by atoms with Crippen LogP contribution in [0.3, 0.4) is 0 Å². The number of nitrogens with two attached hydrogens (primary N) is 3. The van der Waals surface area contributed by atoms with Crippen molar-refractivity contribution in [3.05, 3.63) is 58.0 Å². The highest BCUT2D eigenvalue weighted by molar-refractivity contribution is 7.21. The summed E-state index contributed by atoms with van der Waals surface area (Å²) in [7, 11) is 0. The van der Waals surface area contributed by atoms with Crippen molar-refractivity contribution in [2.45, 2.75) is 30.5 Å². The van der Waals surface area contributed by atoms with Gasteiger partial charge in [0.1, 0.15) is 11.3 Å². The molecule has 0 bridgehead atoms. The standard InChI is InChI=1S/C23H25N5O3S/c24-15-8-7-14-16-17(18(25)21(30)23(14,26)11-3-5-13(29)6-4-11)20(32-19(15)16)22(31)28-12-2-1-9-27-10-12/h3-8,12,18,27,29H,1-2,9-10,24-26H2,(H,28,31). The number of hydrogen-bond donors (Lipinski definition) is 6. The fourth-order valence-electron chi connectivity index (χ4n) is 4.80. The van der Waals surface area contributed by atoms with Gasteiger partial charge < -0.3 is 32.9 Å². The molecule has 2 aliphatic rings. The number of thiophene rings is 1. The first-order chi connectivity index (χ1) is 15.3. The molecule has 0 saturated carbocycles. The summed E-state index contributed by atoms with van der Waals surface area (Å²) < 4.78 is 0.695. The molecule has 9 N–H and O–H groups in total. The maximum Gasteiger partial charge on any atom is 0.262 e. The Morgan fingerprint density at radius 2 is 1.97 bits per heavy atom. The van der Waals surface area contributed by atoms with E-state index >= 15 is 0 Å². The maximum absolute atomic E-state index is 13.6. The second kappa shape index (κ2) is 7.56. The van der Waals surface area contributed by atoms with Crippen LogP contribution in [0, 0.1) is 0 Å². The number of rotatable bonds is 3. The van der Waals surface area contributed by atoms with Crippen molar-refractivity contribution in [2.24, 2.45) is 11.5 Å². The Balaban J connectivity index is 1.69. The number of phenols is 1. The van der Waals surface area contributed by atoms with Crippen LogP contribution in [0.5, 0.6) is 5.75 Å². The first-order valence-electron chi connectivity index (χ1n) is 10.6. The third-order valence-electron chi connectivity index (χ3n) is 6.47. The zero-order valence-corrected chi connectivity index (χ0v) is 18.2. The van der Waals surface area contributed by atoms with Crippen LogP contribution in [-0.2, 0) is 10.3 Å². The molecule has 0 spiro atoms. The minimum atomic E-state index is -1.52. The molecule has 2 aromatic carbocycles. The van der Waals surface area contributed by atoms with E-state index in [-0.39, 0.29) is 17.7 Å². The Kier molecular flexibility index (Phi) is 4.94. The van der Waals surface area contributed by atoms with Gasteiger partial charge in [0.2, 0.25) is 0 Å². The molecule has 166 valence electrons.